The summed E-state index contributed by atoms with van der Waals surface area (Å²) in [6.07, 6.45) is 7.31. The minimum atomic E-state index is 0. The van der Waals surface area contributed by atoms with Crippen molar-refractivity contribution in [1.82, 2.24) is 10.6 Å². The number of nitrogens with one attached hydrogen (secondary N) is 2. The average Bonchev–Trinajstić information content (AvgIpc) is 2.96. The number of rotatable bonds is 9. The van der Waals surface area contributed by atoms with E-state index < -0.39 is 0 Å². The monoisotopic (exact) mass is 407 g/mol. The zero-order valence-corrected chi connectivity index (χ0v) is 15.9. The van der Waals surface area contributed by atoms with E-state index in [1.165, 1.54) is 12.8 Å². The van der Waals surface area contributed by atoms with Crippen LogP contribution in [0.2, 0.25) is 0 Å². The van der Waals surface area contributed by atoms with Gasteiger partial charge in [0.25, 0.3) is 0 Å². The van der Waals surface area contributed by atoms with Crippen LogP contribution in [0.4, 0.5) is 0 Å². The Morgan fingerprint density at radius 2 is 2.14 bits per heavy atom. The SMILES string of the molecule is CCCCCN=C(NCCc1ccco1)NC(C)CC.I. The Labute approximate surface area is 146 Å². The molecule has 2 N–H and O–H groups in total. The first-order valence-corrected chi connectivity index (χ1v) is 7.83. The highest BCUT2D eigenvalue weighted by molar-refractivity contribution is 14.0. The molecule has 4 nitrogen and oxygen atoms in total. The standard InChI is InChI=1S/C16H29N3O.HI/c1-4-6-7-11-17-16(19-14(3)5-2)18-12-10-15-9-8-13-20-15;/h8-9,13-14H,4-7,10-12H2,1-3H3,(H2,17,18,19);1H. The smallest absolute Gasteiger partial charge is 0.191 e. The molecule has 1 unspecified atom stereocenters. The van der Waals surface area contributed by atoms with Gasteiger partial charge in [-0.3, -0.25) is 4.99 Å². The molecule has 1 atom stereocenters. The van der Waals surface area contributed by atoms with Gasteiger partial charge in [-0.05, 0) is 31.9 Å². The van der Waals surface area contributed by atoms with Gasteiger partial charge in [0.15, 0.2) is 5.96 Å². The summed E-state index contributed by atoms with van der Waals surface area (Å²) in [6, 6.07) is 4.37. The first-order chi connectivity index (χ1) is 9.76. The van der Waals surface area contributed by atoms with Crippen LogP contribution in [0.1, 0.15) is 52.2 Å². The van der Waals surface area contributed by atoms with E-state index in [2.05, 4.69) is 36.4 Å². The van der Waals surface area contributed by atoms with Crippen molar-refractivity contribution in [3.8, 4) is 0 Å². The summed E-state index contributed by atoms with van der Waals surface area (Å²) in [5, 5.41) is 6.81. The van der Waals surface area contributed by atoms with Crippen molar-refractivity contribution in [2.24, 2.45) is 4.99 Å². The molecule has 0 amide bonds. The molecular formula is C16H30IN3O. The second-order valence-corrected chi connectivity index (χ2v) is 5.15. The first-order valence-electron chi connectivity index (χ1n) is 7.83. The number of unbranched alkanes of at least 4 members (excludes halogenated alkanes) is 2. The van der Waals surface area contributed by atoms with Gasteiger partial charge in [-0.15, -0.1) is 24.0 Å². The second-order valence-electron chi connectivity index (χ2n) is 5.15. The fraction of sp³-hybridized carbons (Fsp3) is 0.688. The maximum absolute atomic E-state index is 5.33. The lowest BCUT2D eigenvalue weighted by atomic mass is 10.2. The lowest BCUT2D eigenvalue weighted by Gasteiger charge is -2.16. The van der Waals surface area contributed by atoms with E-state index in [4.69, 9.17) is 4.42 Å². The van der Waals surface area contributed by atoms with E-state index >= 15 is 0 Å². The third-order valence-electron chi connectivity index (χ3n) is 3.27. The Morgan fingerprint density at radius 3 is 2.76 bits per heavy atom. The van der Waals surface area contributed by atoms with E-state index in [1.54, 1.807) is 6.26 Å². The van der Waals surface area contributed by atoms with Crippen LogP contribution in [0.3, 0.4) is 0 Å². The number of guanidine groups is 1. The third-order valence-corrected chi connectivity index (χ3v) is 3.27. The summed E-state index contributed by atoms with van der Waals surface area (Å²) in [4.78, 5) is 4.63. The van der Waals surface area contributed by atoms with Gasteiger partial charge < -0.3 is 15.1 Å². The minimum Gasteiger partial charge on any atom is -0.469 e. The van der Waals surface area contributed by atoms with Crippen LogP contribution in [0, 0.1) is 0 Å². The highest BCUT2D eigenvalue weighted by Crippen LogP contribution is 1.99. The largest absolute Gasteiger partial charge is 0.469 e. The molecule has 1 rings (SSSR count). The molecule has 21 heavy (non-hydrogen) atoms. The van der Waals surface area contributed by atoms with E-state index in [9.17, 15) is 0 Å². The maximum atomic E-state index is 5.33. The van der Waals surface area contributed by atoms with E-state index in [0.29, 0.717) is 6.04 Å². The molecule has 0 spiro atoms. The molecule has 122 valence electrons. The number of aliphatic imine (C=N–C) groups is 1. The Bertz CT molecular complexity index is 366. The minimum absolute atomic E-state index is 0. The predicted octanol–water partition coefficient (Wildman–Crippen LogP) is 3.96. The van der Waals surface area contributed by atoms with Crippen molar-refractivity contribution < 1.29 is 4.42 Å². The topological polar surface area (TPSA) is 49.6 Å². The lowest BCUT2D eigenvalue weighted by Crippen LogP contribution is -2.42. The first kappa shape index (κ1) is 20.3. The normalized spacial score (nSPS) is 12.6. The maximum Gasteiger partial charge on any atom is 0.191 e. The third kappa shape index (κ3) is 9.77. The fourth-order valence-electron chi connectivity index (χ4n) is 1.80. The molecule has 0 saturated carbocycles. The second kappa shape index (κ2) is 13.0. The van der Waals surface area contributed by atoms with Gasteiger partial charge in [0.1, 0.15) is 5.76 Å². The summed E-state index contributed by atoms with van der Waals surface area (Å²) < 4.78 is 5.33. The van der Waals surface area contributed by atoms with Gasteiger partial charge in [0.2, 0.25) is 0 Å². The fourth-order valence-corrected chi connectivity index (χ4v) is 1.80. The molecule has 0 bridgehead atoms. The number of hydrogen-bond donors (Lipinski definition) is 2. The van der Waals surface area contributed by atoms with Crippen LogP contribution in [0.25, 0.3) is 0 Å². The zero-order valence-electron chi connectivity index (χ0n) is 13.5. The van der Waals surface area contributed by atoms with Crippen molar-refractivity contribution in [2.45, 2.75) is 58.9 Å². The molecule has 1 aromatic rings. The number of halogens is 1. The summed E-state index contributed by atoms with van der Waals surface area (Å²) in [7, 11) is 0. The molecule has 1 aromatic heterocycles. The molecule has 0 aliphatic carbocycles. The molecule has 0 fully saturated rings. The summed E-state index contributed by atoms with van der Waals surface area (Å²) in [5.41, 5.74) is 0. The molecule has 1 heterocycles. The van der Waals surface area contributed by atoms with E-state index in [-0.39, 0.29) is 24.0 Å². The Kier molecular flexibility index (Phi) is 12.5. The molecular weight excluding hydrogens is 377 g/mol. The van der Waals surface area contributed by atoms with Crippen molar-refractivity contribution in [3.63, 3.8) is 0 Å². The van der Waals surface area contributed by atoms with Crippen LogP contribution in [-0.4, -0.2) is 25.1 Å². The average molecular weight is 407 g/mol. The highest BCUT2D eigenvalue weighted by atomic mass is 127. The van der Waals surface area contributed by atoms with Crippen molar-refractivity contribution in [3.05, 3.63) is 24.2 Å². The van der Waals surface area contributed by atoms with Crippen molar-refractivity contribution >= 4 is 29.9 Å². The molecule has 0 aliphatic heterocycles. The Balaban J connectivity index is 0.00000400. The molecule has 0 radical (unpaired) electrons. The molecule has 0 aliphatic rings. The molecule has 0 aromatic carbocycles. The van der Waals surface area contributed by atoms with E-state index in [0.717, 1.165) is 44.1 Å². The van der Waals surface area contributed by atoms with Crippen molar-refractivity contribution in [1.29, 1.82) is 0 Å². The van der Waals surface area contributed by atoms with Gasteiger partial charge in [-0.25, -0.2) is 0 Å². The van der Waals surface area contributed by atoms with Crippen LogP contribution < -0.4 is 10.6 Å². The van der Waals surface area contributed by atoms with Crippen LogP contribution in [0.5, 0.6) is 0 Å². The van der Waals surface area contributed by atoms with Crippen LogP contribution >= 0.6 is 24.0 Å². The van der Waals surface area contributed by atoms with Gasteiger partial charge >= 0.3 is 0 Å². The molecule has 0 saturated heterocycles. The van der Waals surface area contributed by atoms with Crippen LogP contribution in [-0.2, 0) is 6.42 Å². The quantitative estimate of drug-likeness (QED) is 0.282. The summed E-state index contributed by atoms with van der Waals surface area (Å²) >= 11 is 0. The Morgan fingerprint density at radius 1 is 1.33 bits per heavy atom. The Hall–Kier alpha value is -0.720. The summed E-state index contributed by atoms with van der Waals surface area (Å²) in [5.74, 6) is 1.92. The zero-order chi connectivity index (χ0) is 14.6. The van der Waals surface area contributed by atoms with Gasteiger partial charge in [-0.1, -0.05) is 26.7 Å². The summed E-state index contributed by atoms with van der Waals surface area (Å²) in [6.45, 7) is 8.29. The molecule has 5 heteroatoms. The highest BCUT2D eigenvalue weighted by Gasteiger charge is 2.03. The van der Waals surface area contributed by atoms with Crippen molar-refractivity contribution in [2.75, 3.05) is 13.1 Å². The van der Waals surface area contributed by atoms with E-state index in [1.807, 2.05) is 12.1 Å². The predicted molar refractivity (Wildman–Crippen MR) is 101 cm³/mol. The van der Waals surface area contributed by atoms with Gasteiger partial charge in [0, 0.05) is 25.6 Å². The number of furan rings is 1. The van der Waals surface area contributed by atoms with Gasteiger partial charge in [-0.2, -0.15) is 0 Å². The number of nitrogens with zero attached hydrogens (tertiary/aromatic N) is 1. The van der Waals surface area contributed by atoms with Crippen LogP contribution in [0.15, 0.2) is 27.8 Å². The lowest BCUT2D eigenvalue weighted by molar-refractivity contribution is 0.506. The number of hydrogen-bond acceptors (Lipinski definition) is 2. The van der Waals surface area contributed by atoms with Gasteiger partial charge in [0.05, 0.1) is 6.26 Å².